The van der Waals surface area contributed by atoms with E-state index in [-0.39, 0.29) is 0 Å². The predicted octanol–water partition coefficient (Wildman–Crippen LogP) is -2.33. The van der Waals surface area contributed by atoms with Gasteiger partial charge in [0.1, 0.15) is 36.6 Å². The first kappa shape index (κ1) is 15.4. The Morgan fingerprint density at radius 2 is 1.95 bits per heavy atom. The molecular formula is C12H18O8. The first-order valence-corrected chi connectivity index (χ1v) is 6.29. The molecule has 20 heavy (non-hydrogen) atoms. The molecule has 4 N–H and O–H groups in total. The number of ether oxygens (including phenoxy) is 3. The van der Waals surface area contributed by atoms with Gasteiger partial charge in [-0.25, -0.2) is 4.79 Å². The number of cyclic esters (lactones) is 1. The quantitative estimate of drug-likeness (QED) is 0.427. The van der Waals surface area contributed by atoms with E-state index in [1.165, 1.54) is 12.2 Å². The van der Waals surface area contributed by atoms with Gasteiger partial charge in [-0.1, -0.05) is 0 Å². The molecule has 0 saturated carbocycles. The maximum absolute atomic E-state index is 11.0. The van der Waals surface area contributed by atoms with Crippen LogP contribution in [0.25, 0.3) is 0 Å². The highest BCUT2D eigenvalue weighted by molar-refractivity contribution is 5.83. The summed E-state index contributed by atoms with van der Waals surface area (Å²) in [5.74, 6) is -0.494. The van der Waals surface area contributed by atoms with Gasteiger partial charge in [-0.3, -0.25) is 0 Å². The van der Waals surface area contributed by atoms with E-state index < -0.39 is 55.5 Å². The molecule has 8 nitrogen and oxygen atoms in total. The molecule has 0 aromatic carbocycles. The van der Waals surface area contributed by atoms with Crippen molar-refractivity contribution < 1.29 is 39.4 Å². The standard InChI is InChI=1S/C12H18O8/c1-5-6(2-3-8(14)18-5)19-12-11(17)10(16)9(15)7(4-13)20-12/h2-3,5-7,9-13,15-17H,4H2,1H3/t5-,6+,7+,9+,10-,11+,12-/m0/s1. The van der Waals surface area contributed by atoms with Crippen LogP contribution in [0.5, 0.6) is 0 Å². The molecule has 1 saturated heterocycles. The van der Waals surface area contributed by atoms with Gasteiger partial charge in [0.15, 0.2) is 6.29 Å². The zero-order chi connectivity index (χ0) is 14.9. The molecule has 0 aromatic heterocycles. The van der Waals surface area contributed by atoms with Gasteiger partial charge in [0.25, 0.3) is 0 Å². The summed E-state index contributed by atoms with van der Waals surface area (Å²) < 4.78 is 15.6. The van der Waals surface area contributed by atoms with E-state index in [1.54, 1.807) is 6.92 Å². The third kappa shape index (κ3) is 3.00. The van der Waals surface area contributed by atoms with Gasteiger partial charge in [-0.15, -0.1) is 0 Å². The number of aliphatic hydroxyl groups excluding tert-OH is 4. The first-order chi connectivity index (χ1) is 9.43. The molecule has 0 aliphatic carbocycles. The zero-order valence-corrected chi connectivity index (χ0v) is 10.8. The second kappa shape index (κ2) is 6.17. The third-order valence-electron chi connectivity index (χ3n) is 3.33. The molecule has 0 bridgehead atoms. The van der Waals surface area contributed by atoms with Crippen molar-refractivity contribution in [1.29, 1.82) is 0 Å². The van der Waals surface area contributed by atoms with Crippen LogP contribution in [0.3, 0.4) is 0 Å². The summed E-state index contributed by atoms with van der Waals surface area (Å²) in [5.41, 5.74) is 0. The lowest BCUT2D eigenvalue weighted by atomic mass is 9.99. The van der Waals surface area contributed by atoms with Crippen molar-refractivity contribution in [1.82, 2.24) is 0 Å². The molecule has 0 amide bonds. The first-order valence-electron chi connectivity index (χ1n) is 6.29. The van der Waals surface area contributed by atoms with Gasteiger partial charge in [0, 0.05) is 6.08 Å². The lowest BCUT2D eigenvalue weighted by Crippen LogP contribution is -2.60. The van der Waals surface area contributed by atoms with E-state index in [0.29, 0.717) is 0 Å². The van der Waals surface area contributed by atoms with E-state index in [0.717, 1.165) is 0 Å². The summed E-state index contributed by atoms with van der Waals surface area (Å²) >= 11 is 0. The Hall–Kier alpha value is -1.03. The van der Waals surface area contributed by atoms with Gasteiger partial charge in [-0.2, -0.15) is 0 Å². The normalized spacial score (nSPS) is 45.2. The summed E-state index contributed by atoms with van der Waals surface area (Å²) in [4.78, 5) is 11.0. The van der Waals surface area contributed by atoms with Crippen LogP contribution in [0.4, 0.5) is 0 Å². The van der Waals surface area contributed by atoms with Crippen molar-refractivity contribution >= 4 is 5.97 Å². The van der Waals surface area contributed by atoms with E-state index in [1.807, 2.05) is 0 Å². The maximum Gasteiger partial charge on any atom is 0.330 e. The van der Waals surface area contributed by atoms with Crippen LogP contribution in [0, 0.1) is 0 Å². The molecule has 2 aliphatic heterocycles. The highest BCUT2D eigenvalue weighted by Crippen LogP contribution is 2.25. The molecule has 0 aromatic rings. The number of rotatable bonds is 3. The van der Waals surface area contributed by atoms with E-state index in [2.05, 4.69) is 0 Å². The van der Waals surface area contributed by atoms with Gasteiger partial charge in [-0.05, 0) is 13.0 Å². The van der Waals surface area contributed by atoms with Crippen molar-refractivity contribution in [2.45, 2.75) is 49.8 Å². The fourth-order valence-electron chi connectivity index (χ4n) is 2.11. The molecule has 7 atom stereocenters. The number of hydrogen-bond donors (Lipinski definition) is 4. The van der Waals surface area contributed by atoms with Crippen LogP contribution in [-0.4, -0.2) is 75.9 Å². The topological polar surface area (TPSA) is 126 Å². The van der Waals surface area contributed by atoms with E-state index in [4.69, 9.17) is 19.3 Å². The molecule has 114 valence electrons. The molecule has 8 heteroatoms. The summed E-state index contributed by atoms with van der Waals surface area (Å²) in [5, 5.41) is 38.1. The average Bonchev–Trinajstić information content (AvgIpc) is 2.42. The predicted molar refractivity (Wildman–Crippen MR) is 63.3 cm³/mol. The SMILES string of the molecule is C[C@@H]1OC(=O)C=C[C@H]1O[C@H]1O[C@H](CO)[C@@H](O)[C@H](O)[C@H]1O. The van der Waals surface area contributed by atoms with Gasteiger partial charge in [0.2, 0.25) is 0 Å². The van der Waals surface area contributed by atoms with Crippen molar-refractivity contribution in [2.75, 3.05) is 6.61 Å². The largest absolute Gasteiger partial charge is 0.456 e. The van der Waals surface area contributed by atoms with Crippen LogP contribution in [0.15, 0.2) is 12.2 Å². The smallest absolute Gasteiger partial charge is 0.330 e. The van der Waals surface area contributed by atoms with Crippen molar-refractivity contribution in [3.8, 4) is 0 Å². The van der Waals surface area contributed by atoms with Crippen LogP contribution < -0.4 is 0 Å². The number of carbonyl (C=O) groups is 1. The monoisotopic (exact) mass is 290 g/mol. The summed E-state index contributed by atoms with van der Waals surface area (Å²) in [6, 6.07) is 0. The number of aliphatic hydroxyl groups is 4. The lowest BCUT2D eigenvalue weighted by molar-refractivity contribution is -0.312. The minimum Gasteiger partial charge on any atom is -0.456 e. The van der Waals surface area contributed by atoms with Crippen LogP contribution >= 0.6 is 0 Å². The third-order valence-corrected chi connectivity index (χ3v) is 3.33. The Morgan fingerprint density at radius 3 is 2.55 bits per heavy atom. The van der Waals surface area contributed by atoms with Gasteiger partial charge >= 0.3 is 5.97 Å². The second-order valence-corrected chi connectivity index (χ2v) is 4.80. The fourth-order valence-corrected chi connectivity index (χ4v) is 2.11. The zero-order valence-electron chi connectivity index (χ0n) is 10.8. The summed E-state index contributed by atoms with van der Waals surface area (Å²) in [6.07, 6.45) is -5.31. The van der Waals surface area contributed by atoms with Crippen LogP contribution in [0.2, 0.25) is 0 Å². The Kier molecular flexibility index (Phi) is 4.74. The highest BCUT2D eigenvalue weighted by atomic mass is 16.7. The van der Waals surface area contributed by atoms with E-state index in [9.17, 15) is 20.1 Å². The minimum absolute atomic E-state index is 0.494. The molecular weight excluding hydrogens is 272 g/mol. The van der Waals surface area contributed by atoms with Crippen molar-refractivity contribution in [3.63, 3.8) is 0 Å². The van der Waals surface area contributed by atoms with Crippen LogP contribution in [-0.2, 0) is 19.0 Å². The Bertz CT molecular complexity index is 382. The molecule has 0 radical (unpaired) electrons. The highest BCUT2D eigenvalue weighted by Gasteiger charge is 2.45. The van der Waals surface area contributed by atoms with E-state index >= 15 is 0 Å². The number of hydrogen-bond acceptors (Lipinski definition) is 8. The molecule has 0 spiro atoms. The average molecular weight is 290 g/mol. The maximum atomic E-state index is 11.0. The summed E-state index contributed by atoms with van der Waals surface area (Å²) in [7, 11) is 0. The number of esters is 1. The lowest BCUT2D eigenvalue weighted by Gasteiger charge is -2.41. The molecule has 2 aliphatic rings. The van der Waals surface area contributed by atoms with Crippen LogP contribution in [0.1, 0.15) is 6.92 Å². The fraction of sp³-hybridized carbons (Fsp3) is 0.750. The molecule has 2 heterocycles. The Labute approximate surface area is 115 Å². The molecule has 1 fully saturated rings. The number of carbonyl (C=O) groups excluding carboxylic acids is 1. The Balaban J connectivity index is 2.04. The van der Waals surface area contributed by atoms with Gasteiger partial charge in [0.05, 0.1) is 6.61 Å². The second-order valence-electron chi connectivity index (χ2n) is 4.80. The Morgan fingerprint density at radius 1 is 1.25 bits per heavy atom. The minimum atomic E-state index is -1.50. The van der Waals surface area contributed by atoms with Crippen molar-refractivity contribution in [3.05, 3.63) is 12.2 Å². The summed E-state index contributed by atoms with van der Waals surface area (Å²) in [6.45, 7) is 1.08. The van der Waals surface area contributed by atoms with Gasteiger partial charge < -0.3 is 34.6 Å². The molecule has 2 rings (SSSR count). The van der Waals surface area contributed by atoms with Crippen molar-refractivity contribution in [2.24, 2.45) is 0 Å². The molecule has 0 unspecified atom stereocenters.